The molecule has 0 radical (unpaired) electrons. The maximum absolute atomic E-state index is 13.8. The molecule has 3 aromatic rings. The Balaban J connectivity index is 2.20. The molecule has 1 atom stereocenters. The van der Waals surface area contributed by atoms with E-state index in [0.29, 0.717) is 11.1 Å². The highest BCUT2D eigenvalue weighted by atomic mass is 79.9. The fraction of sp³-hybridized carbons (Fsp3) is 0.0667. The van der Waals surface area contributed by atoms with Crippen molar-refractivity contribution in [2.24, 2.45) is 0 Å². The molecule has 2 heterocycles. The van der Waals surface area contributed by atoms with Crippen LogP contribution in [0.15, 0.2) is 53.4 Å². The molecule has 3 rings (SSSR count). The van der Waals surface area contributed by atoms with Crippen molar-refractivity contribution in [2.45, 2.75) is 6.10 Å². The lowest BCUT2D eigenvalue weighted by Crippen LogP contribution is -2.04. The highest BCUT2D eigenvalue weighted by molar-refractivity contribution is 9.10. The fourth-order valence-electron chi connectivity index (χ4n) is 2.16. The number of aliphatic hydroxyl groups is 1. The summed E-state index contributed by atoms with van der Waals surface area (Å²) in [7, 11) is 0. The second-order valence-electron chi connectivity index (χ2n) is 4.34. The largest absolute Gasteiger partial charge is 0.383 e. The second kappa shape index (κ2) is 5.26. The summed E-state index contributed by atoms with van der Waals surface area (Å²) in [5.41, 5.74) is 1.40. The van der Waals surface area contributed by atoms with Gasteiger partial charge in [0.25, 0.3) is 0 Å². The number of aromatic nitrogens is 2. The van der Waals surface area contributed by atoms with Gasteiger partial charge in [0.2, 0.25) is 0 Å². The van der Waals surface area contributed by atoms with E-state index in [-0.39, 0.29) is 5.56 Å². The zero-order chi connectivity index (χ0) is 14.1. The smallest absolute Gasteiger partial charge is 0.147 e. The predicted molar refractivity (Wildman–Crippen MR) is 77.7 cm³/mol. The zero-order valence-electron chi connectivity index (χ0n) is 10.3. The van der Waals surface area contributed by atoms with Crippen LogP contribution in [0.5, 0.6) is 0 Å². The van der Waals surface area contributed by atoms with Gasteiger partial charge in [0, 0.05) is 33.4 Å². The molecule has 100 valence electrons. The molecule has 0 amide bonds. The molecule has 0 aliphatic rings. The maximum Gasteiger partial charge on any atom is 0.147 e. The standard InChI is InChI=1S/C15H10BrFN2O/c16-12-4-3-11(14-9(12)2-1-6-19-14)15(20)10-5-7-18-8-13(10)17/h1-8,15,20H. The van der Waals surface area contributed by atoms with Crippen LogP contribution < -0.4 is 0 Å². The summed E-state index contributed by atoms with van der Waals surface area (Å²) in [5.74, 6) is -0.535. The monoisotopic (exact) mass is 332 g/mol. The molecule has 3 nitrogen and oxygen atoms in total. The van der Waals surface area contributed by atoms with Crippen LogP contribution in [0, 0.1) is 5.82 Å². The molecule has 0 bridgehead atoms. The summed E-state index contributed by atoms with van der Waals surface area (Å²) in [6.07, 6.45) is 3.11. The van der Waals surface area contributed by atoms with E-state index in [2.05, 4.69) is 25.9 Å². The van der Waals surface area contributed by atoms with Crippen LogP contribution in [-0.4, -0.2) is 15.1 Å². The molecule has 0 aliphatic carbocycles. The highest BCUT2D eigenvalue weighted by Gasteiger charge is 2.18. The average molecular weight is 333 g/mol. The van der Waals surface area contributed by atoms with E-state index in [0.717, 1.165) is 16.1 Å². The Morgan fingerprint density at radius 3 is 2.75 bits per heavy atom. The molecule has 0 fully saturated rings. The Morgan fingerprint density at radius 1 is 1.10 bits per heavy atom. The van der Waals surface area contributed by atoms with Gasteiger partial charge in [0.05, 0.1) is 11.7 Å². The number of hydrogen-bond acceptors (Lipinski definition) is 3. The van der Waals surface area contributed by atoms with Gasteiger partial charge in [0.15, 0.2) is 0 Å². The first kappa shape index (κ1) is 13.1. The minimum atomic E-state index is -1.08. The van der Waals surface area contributed by atoms with E-state index < -0.39 is 11.9 Å². The Hall–Kier alpha value is -1.85. The van der Waals surface area contributed by atoms with E-state index in [9.17, 15) is 9.50 Å². The molecule has 0 saturated carbocycles. The van der Waals surface area contributed by atoms with Crippen LogP contribution in [0.25, 0.3) is 10.9 Å². The van der Waals surface area contributed by atoms with Crippen molar-refractivity contribution in [1.82, 2.24) is 9.97 Å². The molecule has 2 aromatic heterocycles. The summed E-state index contributed by atoms with van der Waals surface area (Å²) in [5, 5.41) is 11.3. The molecule has 20 heavy (non-hydrogen) atoms. The van der Waals surface area contributed by atoms with Gasteiger partial charge in [-0.2, -0.15) is 0 Å². The van der Waals surface area contributed by atoms with E-state index in [1.165, 1.54) is 12.3 Å². The first-order valence-electron chi connectivity index (χ1n) is 5.99. The minimum absolute atomic E-state index is 0.189. The van der Waals surface area contributed by atoms with Crippen molar-refractivity contribution in [1.29, 1.82) is 0 Å². The van der Waals surface area contributed by atoms with E-state index in [1.807, 2.05) is 18.2 Å². The second-order valence-corrected chi connectivity index (χ2v) is 5.19. The van der Waals surface area contributed by atoms with Gasteiger partial charge in [-0.05, 0) is 18.2 Å². The normalized spacial score (nSPS) is 12.6. The Morgan fingerprint density at radius 2 is 1.95 bits per heavy atom. The van der Waals surface area contributed by atoms with Crippen LogP contribution in [0.3, 0.4) is 0 Å². The van der Waals surface area contributed by atoms with Gasteiger partial charge in [-0.25, -0.2) is 4.39 Å². The quantitative estimate of drug-likeness (QED) is 0.779. The molecular formula is C15H10BrFN2O. The first-order valence-corrected chi connectivity index (χ1v) is 6.78. The lowest BCUT2D eigenvalue weighted by molar-refractivity contribution is 0.216. The van der Waals surface area contributed by atoms with E-state index in [1.54, 1.807) is 12.3 Å². The number of aliphatic hydroxyl groups excluding tert-OH is 1. The molecule has 1 aromatic carbocycles. The molecular weight excluding hydrogens is 323 g/mol. The number of rotatable bonds is 2. The van der Waals surface area contributed by atoms with Crippen molar-refractivity contribution in [3.63, 3.8) is 0 Å². The maximum atomic E-state index is 13.8. The van der Waals surface area contributed by atoms with Crippen LogP contribution in [0.1, 0.15) is 17.2 Å². The van der Waals surface area contributed by atoms with Crippen LogP contribution in [-0.2, 0) is 0 Å². The van der Waals surface area contributed by atoms with Gasteiger partial charge in [0.1, 0.15) is 11.9 Å². The van der Waals surface area contributed by atoms with Crippen molar-refractivity contribution < 1.29 is 9.50 Å². The van der Waals surface area contributed by atoms with E-state index >= 15 is 0 Å². The van der Waals surface area contributed by atoms with Crippen molar-refractivity contribution in [3.8, 4) is 0 Å². The third-order valence-electron chi connectivity index (χ3n) is 3.14. The van der Waals surface area contributed by atoms with Crippen molar-refractivity contribution in [2.75, 3.05) is 0 Å². The van der Waals surface area contributed by atoms with Gasteiger partial charge in [-0.15, -0.1) is 0 Å². The Labute approximate surface area is 123 Å². The van der Waals surface area contributed by atoms with E-state index in [4.69, 9.17) is 0 Å². The summed E-state index contributed by atoms with van der Waals surface area (Å²) < 4.78 is 14.6. The molecule has 0 aliphatic heterocycles. The van der Waals surface area contributed by atoms with Crippen molar-refractivity contribution >= 4 is 26.8 Å². The van der Waals surface area contributed by atoms with Gasteiger partial charge < -0.3 is 5.11 Å². The summed E-state index contributed by atoms with van der Waals surface area (Å²) in [6, 6.07) is 8.74. The molecule has 0 saturated heterocycles. The third-order valence-corrected chi connectivity index (χ3v) is 3.83. The average Bonchev–Trinajstić information content (AvgIpc) is 2.48. The van der Waals surface area contributed by atoms with Gasteiger partial charge in [-0.3, -0.25) is 9.97 Å². The lowest BCUT2D eigenvalue weighted by atomic mass is 9.99. The number of fused-ring (bicyclic) bond motifs is 1. The zero-order valence-corrected chi connectivity index (χ0v) is 11.9. The van der Waals surface area contributed by atoms with Gasteiger partial charge >= 0.3 is 0 Å². The van der Waals surface area contributed by atoms with Crippen LogP contribution in [0.2, 0.25) is 0 Å². The highest BCUT2D eigenvalue weighted by Crippen LogP contribution is 2.32. The molecule has 5 heteroatoms. The molecule has 0 spiro atoms. The summed E-state index contributed by atoms with van der Waals surface area (Å²) in [4.78, 5) is 7.98. The summed E-state index contributed by atoms with van der Waals surface area (Å²) >= 11 is 3.45. The fourth-order valence-corrected chi connectivity index (χ4v) is 2.61. The Kier molecular flexibility index (Phi) is 3.46. The Bertz CT molecular complexity index is 779. The lowest BCUT2D eigenvalue weighted by Gasteiger charge is -2.14. The number of benzene rings is 1. The molecule has 1 N–H and O–H groups in total. The number of nitrogens with zero attached hydrogens (tertiary/aromatic N) is 2. The van der Waals surface area contributed by atoms with Crippen LogP contribution in [0.4, 0.5) is 4.39 Å². The SMILES string of the molecule is OC(c1ccncc1F)c1ccc(Br)c2cccnc12. The predicted octanol–water partition coefficient (Wildman–Crippen LogP) is 3.61. The number of halogens is 2. The van der Waals surface area contributed by atoms with Crippen molar-refractivity contribution in [3.05, 3.63) is 70.3 Å². The third kappa shape index (κ3) is 2.19. The minimum Gasteiger partial charge on any atom is -0.383 e. The topological polar surface area (TPSA) is 46.0 Å². The molecule has 1 unspecified atom stereocenters. The summed E-state index contributed by atoms with van der Waals surface area (Å²) in [6.45, 7) is 0. The van der Waals surface area contributed by atoms with Gasteiger partial charge in [-0.1, -0.05) is 28.1 Å². The number of hydrogen-bond donors (Lipinski definition) is 1. The van der Waals surface area contributed by atoms with Crippen LogP contribution >= 0.6 is 15.9 Å². The number of pyridine rings is 2. The first-order chi connectivity index (χ1) is 9.68.